The van der Waals surface area contributed by atoms with E-state index in [1.54, 1.807) is 0 Å². The van der Waals surface area contributed by atoms with Crippen molar-refractivity contribution < 1.29 is 4.79 Å². The van der Waals surface area contributed by atoms with Gasteiger partial charge in [0.1, 0.15) is 0 Å². The number of allylic oxidation sites excluding steroid dienone is 2. The molecule has 2 nitrogen and oxygen atoms in total. The lowest BCUT2D eigenvalue weighted by Gasteiger charge is -2.19. The lowest BCUT2D eigenvalue weighted by atomic mass is 9.99. The number of unbranched alkanes of at least 4 members (excludes halogenated alkanes) is 32. The van der Waals surface area contributed by atoms with E-state index in [0.29, 0.717) is 11.9 Å². The van der Waals surface area contributed by atoms with Crippen molar-refractivity contribution in [1.29, 1.82) is 0 Å². The van der Waals surface area contributed by atoms with Gasteiger partial charge in [-0.05, 0) is 44.9 Å². The molecular weight excluding hydrogens is 583 g/mol. The fraction of sp³-hybridized carbons (Fsp3) is 0.935. The zero-order valence-corrected chi connectivity index (χ0v) is 33.7. The second kappa shape index (κ2) is 42.4. The van der Waals surface area contributed by atoms with E-state index in [0.717, 1.165) is 12.8 Å². The molecule has 1 amide bonds. The number of rotatable bonds is 41. The smallest absolute Gasteiger partial charge is 0.220 e. The fourth-order valence-corrected chi connectivity index (χ4v) is 7.23. The first-order valence-corrected chi connectivity index (χ1v) is 22.7. The summed E-state index contributed by atoms with van der Waals surface area (Å²) in [6.07, 6.45) is 57.0. The molecule has 0 aliphatic carbocycles. The topological polar surface area (TPSA) is 29.1 Å². The Morgan fingerprint density at radius 1 is 0.375 bits per heavy atom. The molecule has 0 heterocycles. The largest absolute Gasteiger partial charge is 0.353 e. The SMILES string of the molecule is CCCCCCCCCC/C=C\CCCCCCCC(=O)NC(CCCCCCCCCCCC)CCCCCCCCCCCCC. The zero-order valence-electron chi connectivity index (χ0n) is 33.7. The van der Waals surface area contributed by atoms with Gasteiger partial charge in [-0.25, -0.2) is 0 Å². The van der Waals surface area contributed by atoms with E-state index in [-0.39, 0.29) is 0 Å². The maximum absolute atomic E-state index is 12.9. The van der Waals surface area contributed by atoms with Crippen LogP contribution in [0.3, 0.4) is 0 Å². The molecule has 286 valence electrons. The molecule has 48 heavy (non-hydrogen) atoms. The van der Waals surface area contributed by atoms with E-state index in [1.807, 2.05) is 0 Å². The van der Waals surface area contributed by atoms with Crippen LogP contribution in [0.25, 0.3) is 0 Å². The predicted octanol–water partition coefficient (Wildman–Crippen LogP) is 16.3. The van der Waals surface area contributed by atoms with Crippen LogP contribution in [-0.2, 0) is 4.79 Å². The highest BCUT2D eigenvalue weighted by atomic mass is 16.1. The summed E-state index contributed by atoms with van der Waals surface area (Å²) in [4.78, 5) is 12.9. The molecule has 1 atom stereocenters. The maximum Gasteiger partial charge on any atom is 0.220 e. The second-order valence-electron chi connectivity index (χ2n) is 15.6. The van der Waals surface area contributed by atoms with Gasteiger partial charge in [0.25, 0.3) is 0 Å². The van der Waals surface area contributed by atoms with Gasteiger partial charge in [-0.15, -0.1) is 0 Å². The molecule has 0 aliphatic rings. The molecule has 0 aromatic heterocycles. The normalized spacial score (nSPS) is 12.3. The summed E-state index contributed by atoms with van der Waals surface area (Å²) in [6, 6.07) is 0.405. The second-order valence-corrected chi connectivity index (χ2v) is 15.6. The highest BCUT2D eigenvalue weighted by Crippen LogP contribution is 2.17. The number of amides is 1. The van der Waals surface area contributed by atoms with Crippen LogP contribution in [0, 0.1) is 0 Å². The lowest BCUT2D eigenvalue weighted by Crippen LogP contribution is -2.34. The molecule has 0 saturated carbocycles. The van der Waals surface area contributed by atoms with Crippen LogP contribution in [0.2, 0.25) is 0 Å². The first-order valence-electron chi connectivity index (χ1n) is 22.7. The Morgan fingerprint density at radius 3 is 0.979 bits per heavy atom. The molecule has 0 rings (SSSR count). The summed E-state index contributed by atoms with van der Waals surface area (Å²) in [6.45, 7) is 6.89. The Hall–Kier alpha value is -0.790. The summed E-state index contributed by atoms with van der Waals surface area (Å²) < 4.78 is 0. The summed E-state index contributed by atoms with van der Waals surface area (Å²) >= 11 is 0. The molecule has 1 N–H and O–H groups in total. The van der Waals surface area contributed by atoms with Gasteiger partial charge >= 0.3 is 0 Å². The Balaban J connectivity index is 4.01. The minimum absolute atomic E-state index is 0.319. The molecule has 0 aromatic rings. The van der Waals surface area contributed by atoms with E-state index in [2.05, 4.69) is 38.2 Å². The molecule has 0 bridgehead atoms. The van der Waals surface area contributed by atoms with Crippen molar-refractivity contribution in [1.82, 2.24) is 5.32 Å². The van der Waals surface area contributed by atoms with Crippen LogP contribution in [-0.4, -0.2) is 11.9 Å². The third-order valence-electron chi connectivity index (χ3n) is 10.6. The number of hydrogen-bond donors (Lipinski definition) is 1. The molecule has 0 saturated heterocycles. The van der Waals surface area contributed by atoms with Crippen LogP contribution in [0.5, 0.6) is 0 Å². The van der Waals surface area contributed by atoms with Crippen molar-refractivity contribution in [3.8, 4) is 0 Å². The van der Waals surface area contributed by atoms with Crippen LogP contribution >= 0.6 is 0 Å². The lowest BCUT2D eigenvalue weighted by molar-refractivity contribution is -0.122. The van der Waals surface area contributed by atoms with Gasteiger partial charge in [0.05, 0.1) is 0 Å². The van der Waals surface area contributed by atoms with Gasteiger partial charge in [0.15, 0.2) is 0 Å². The van der Waals surface area contributed by atoms with Gasteiger partial charge in [0.2, 0.25) is 5.91 Å². The molecule has 0 spiro atoms. The third kappa shape index (κ3) is 39.6. The minimum atomic E-state index is 0.319. The Morgan fingerprint density at radius 2 is 0.646 bits per heavy atom. The van der Waals surface area contributed by atoms with Crippen molar-refractivity contribution in [2.24, 2.45) is 0 Å². The summed E-state index contributed by atoms with van der Waals surface area (Å²) in [5, 5.41) is 3.49. The van der Waals surface area contributed by atoms with Crippen LogP contribution in [0.4, 0.5) is 0 Å². The summed E-state index contributed by atoms with van der Waals surface area (Å²) in [7, 11) is 0. The molecule has 2 heteroatoms. The third-order valence-corrected chi connectivity index (χ3v) is 10.6. The number of nitrogens with one attached hydrogen (secondary N) is 1. The predicted molar refractivity (Wildman–Crippen MR) is 218 cm³/mol. The summed E-state index contributed by atoms with van der Waals surface area (Å²) in [5.74, 6) is 0.319. The quantitative estimate of drug-likeness (QED) is 0.0508. The van der Waals surface area contributed by atoms with Crippen LogP contribution < -0.4 is 5.32 Å². The van der Waals surface area contributed by atoms with Crippen LogP contribution in [0.1, 0.15) is 271 Å². The number of carbonyl (C=O) groups is 1. The number of carbonyl (C=O) groups excluding carboxylic acids is 1. The van der Waals surface area contributed by atoms with Gasteiger partial charge in [-0.3, -0.25) is 4.79 Å². The maximum atomic E-state index is 12.9. The average Bonchev–Trinajstić information content (AvgIpc) is 3.09. The highest BCUT2D eigenvalue weighted by Gasteiger charge is 2.12. The van der Waals surface area contributed by atoms with Gasteiger partial charge in [-0.1, -0.05) is 232 Å². The van der Waals surface area contributed by atoms with Crippen molar-refractivity contribution in [2.75, 3.05) is 0 Å². The molecule has 0 aromatic carbocycles. The Labute approximate surface area is 304 Å². The van der Waals surface area contributed by atoms with E-state index in [1.165, 1.54) is 238 Å². The average molecular weight is 674 g/mol. The van der Waals surface area contributed by atoms with Gasteiger partial charge in [0, 0.05) is 12.5 Å². The van der Waals surface area contributed by atoms with E-state index in [4.69, 9.17) is 0 Å². The van der Waals surface area contributed by atoms with E-state index >= 15 is 0 Å². The first kappa shape index (κ1) is 47.2. The molecule has 1 unspecified atom stereocenters. The minimum Gasteiger partial charge on any atom is -0.353 e. The molecule has 0 radical (unpaired) electrons. The molecule has 0 fully saturated rings. The Kier molecular flexibility index (Phi) is 41.7. The standard InChI is InChI=1S/C46H91NO/c1-4-7-10-13-16-19-22-23-24-25-26-27-29-32-35-38-41-44-46(48)47-45(42-39-36-33-30-21-18-15-12-9-6-3)43-40-37-34-31-28-20-17-14-11-8-5-2/h25-26,45H,4-24,27-44H2,1-3H3,(H,47,48)/b26-25-. The van der Waals surface area contributed by atoms with Crippen molar-refractivity contribution >= 4 is 5.91 Å². The highest BCUT2D eigenvalue weighted by molar-refractivity contribution is 5.76. The van der Waals surface area contributed by atoms with Crippen molar-refractivity contribution in [3.05, 3.63) is 12.2 Å². The number of hydrogen-bond acceptors (Lipinski definition) is 1. The van der Waals surface area contributed by atoms with E-state index < -0.39 is 0 Å². The molecule has 0 aliphatic heterocycles. The monoisotopic (exact) mass is 674 g/mol. The fourth-order valence-electron chi connectivity index (χ4n) is 7.23. The summed E-state index contributed by atoms with van der Waals surface area (Å²) in [5.41, 5.74) is 0. The zero-order chi connectivity index (χ0) is 34.9. The Bertz CT molecular complexity index is 628. The van der Waals surface area contributed by atoms with Crippen LogP contribution in [0.15, 0.2) is 12.2 Å². The van der Waals surface area contributed by atoms with Crippen molar-refractivity contribution in [3.63, 3.8) is 0 Å². The molecular formula is C46H91NO. The first-order chi connectivity index (χ1) is 23.7. The van der Waals surface area contributed by atoms with Gasteiger partial charge < -0.3 is 5.32 Å². The van der Waals surface area contributed by atoms with Crippen molar-refractivity contribution in [2.45, 2.75) is 277 Å². The van der Waals surface area contributed by atoms with E-state index in [9.17, 15) is 4.79 Å². The van der Waals surface area contributed by atoms with Gasteiger partial charge in [-0.2, -0.15) is 0 Å².